The van der Waals surface area contributed by atoms with Crippen LogP contribution >= 0.6 is 34.8 Å². The van der Waals surface area contributed by atoms with Crippen LogP contribution in [0.4, 0.5) is 0 Å². The summed E-state index contributed by atoms with van der Waals surface area (Å²) >= 11 is 18.2. The van der Waals surface area contributed by atoms with Crippen LogP contribution in [0.15, 0.2) is 42.5 Å². The van der Waals surface area contributed by atoms with Crippen molar-refractivity contribution in [2.45, 2.75) is 18.3 Å². The number of amides is 1. The predicted octanol–water partition coefficient (Wildman–Crippen LogP) is 5.13. The summed E-state index contributed by atoms with van der Waals surface area (Å²) in [6.45, 7) is 1.83. The average molecular weight is 399 g/mol. The van der Waals surface area contributed by atoms with Gasteiger partial charge in [0.2, 0.25) is 0 Å². The number of ether oxygens (including phenoxy) is 1. The Labute approximate surface area is 162 Å². The van der Waals surface area contributed by atoms with Crippen molar-refractivity contribution < 1.29 is 9.53 Å². The van der Waals surface area contributed by atoms with E-state index in [1.807, 2.05) is 24.3 Å². The highest BCUT2D eigenvalue weighted by molar-refractivity contribution is 6.43. The molecule has 3 rings (SSSR count). The SMILES string of the molecule is O=C(NCC1(c2ccc(Cl)cc2)CCOCC1)c1cccc(Cl)c1Cl. The Kier molecular flexibility index (Phi) is 5.90. The van der Waals surface area contributed by atoms with Crippen molar-refractivity contribution >= 4 is 40.7 Å². The predicted molar refractivity (Wildman–Crippen MR) is 102 cm³/mol. The normalized spacial score (nSPS) is 16.4. The Bertz CT molecular complexity index is 756. The van der Waals surface area contributed by atoms with Crippen molar-refractivity contribution in [3.8, 4) is 0 Å². The largest absolute Gasteiger partial charge is 0.381 e. The maximum Gasteiger partial charge on any atom is 0.252 e. The fourth-order valence-electron chi connectivity index (χ4n) is 3.16. The molecule has 132 valence electrons. The van der Waals surface area contributed by atoms with Crippen LogP contribution < -0.4 is 5.32 Å². The van der Waals surface area contributed by atoms with Crippen molar-refractivity contribution in [2.75, 3.05) is 19.8 Å². The van der Waals surface area contributed by atoms with E-state index >= 15 is 0 Å². The number of halogens is 3. The van der Waals surface area contributed by atoms with E-state index in [0.717, 1.165) is 18.4 Å². The molecule has 1 amide bonds. The smallest absolute Gasteiger partial charge is 0.252 e. The summed E-state index contributed by atoms with van der Waals surface area (Å²) in [5.74, 6) is -0.229. The first-order valence-electron chi connectivity index (χ1n) is 8.08. The molecule has 1 aliphatic heterocycles. The molecule has 25 heavy (non-hydrogen) atoms. The number of hydrogen-bond acceptors (Lipinski definition) is 2. The van der Waals surface area contributed by atoms with Crippen LogP contribution in [0.3, 0.4) is 0 Å². The standard InChI is InChI=1S/C19H18Cl3NO2/c20-14-6-4-13(5-7-14)19(8-10-25-11-9-19)12-23-18(24)15-2-1-3-16(21)17(15)22/h1-7H,8-12H2,(H,23,24). The van der Waals surface area contributed by atoms with Crippen LogP contribution in [-0.2, 0) is 10.2 Å². The molecular formula is C19H18Cl3NO2. The first kappa shape index (κ1) is 18.5. The first-order valence-corrected chi connectivity index (χ1v) is 9.21. The number of carbonyl (C=O) groups excluding carboxylic acids is 1. The second kappa shape index (κ2) is 7.96. The lowest BCUT2D eigenvalue weighted by Crippen LogP contribution is -2.44. The van der Waals surface area contributed by atoms with E-state index in [9.17, 15) is 4.79 Å². The summed E-state index contributed by atoms with van der Waals surface area (Å²) in [7, 11) is 0. The minimum absolute atomic E-state index is 0.177. The molecule has 0 bridgehead atoms. The van der Waals surface area contributed by atoms with Crippen LogP contribution in [-0.4, -0.2) is 25.7 Å². The third-order valence-electron chi connectivity index (χ3n) is 4.69. The molecule has 0 saturated carbocycles. The van der Waals surface area contributed by atoms with E-state index in [2.05, 4.69) is 5.32 Å². The van der Waals surface area contributed by atoms with Crippen LogP contribution in [0.2, 0.25) is 15.1 Å². The summed E-state index contributed by atoms with van der Waals surface area (Å²) in [5, 5.41) is 4.36. The summed E-state index contributed by atoms with van der Waals surface area (Å²) < 4.78 is 5.52. The van der Waals surface area contributed by atoms with Gasteiger partial charge >= 0.3 is 0 Å². The van der Waals surface area contributed by atoms with Crippen molar-refractivity contribution in [3.63, 3.8) is 0 Å². The lowest BCUT2D eigenvalue weighted by Gasteiger charge is -2.38. The van der Waals surface area contributed by atoms with Crippen molar-refractivity contribution in [1.29, 1.82) is 0 Å². The Hall–Kier alpha value is -1.26. The maximum atomic E-state index is 12.6. The molecule has 0 atom stereocenters. The van der Waals surface area contributed by atoms with Crippen molar-refractivity contribution in [1.82, 2.24) is 5.32 Å². The molecule has 1 aliphatic rings. The van der Waals surface area contributed by atoms with Gasteiger partial charge in [0.25, 0.3) is 5.91 Å². The van der Waals surface area contributed by atoms with E-state index in [0.29, 0.717) is 35.4 Å². The average Bonchev–Trinajstić information content (AvgIpc) is 2.63. The van der Waals surface area contributed by atoms with Gasteiger partial charge in [-0.05, 0) is 42.7 Å². The Morgan fingerprint density at radius 1 is 1.04 bits per heavy atom. The summed E-state index contributed by atoms with van der Waals surface area (Å²) in [4.78, 5) is 12.6. The summed E-state index contributed by atoms with van der Waals surface area (Å²) in [6.07, 6.45) is 1.66. The van der Waals surface area contributed by atoms with E-state index in [1.165, 1.54) is 0 Å². The highest BCUT2D eigenvalue weighted by Gasteiger charge is 2.35. The fraction of sp³-hybridized carbons (Fsp3) is 0.316. The van der Waals surface area contributed by atoms with Gasteiger partial charge in [-0.1, -0.05) is 53.0 Å². The van der Waals surface area contributed by atoms with Gasteiger partial charge < -0.3 is 10.1 Å². The Morgan fingerprint density at radius 3 is 2.40 bits per heavy atom. The molecule has 0 radical (unpaired) electrons. The van der Waals surface area contributed by atoms with Gasteiger partial charge in [-0.3, -0.25) is 4.79 Å². The molecule has 2 aromatic carbocycles. The lowest BCUT2D eigenvalue weighted by molar-refractivity contribution is 0.0487. The van der Waals surface area contributed by atoms with Crippen molar-refractivity contribution in [2.24, 2.45) is 0 Å². The van der Waals surface area contributed by atoms with E-state index < -0.39 is 0 Å². The van der Waals surface area contributed by atoms with Crippen LogP contribution in [0.25, 0.3) is 0 Å². The fourth-order valence-corrected chi connectivity index (χ4v) is 3.67. The van der Waals surface area contributed by atoms with E-state index in [-0.39, 0.29) is 16.3 Å². The van der Waals surface area contributed by atoms with Crippen LogP contribution in [0.5, 0.6) is 0 Å². The molecule has 1 saturated heterocycles. The molecule has 6 heteroatoms. The number of rotatable bonds is 4. The van der Waals surface area contributed by atoms with Gasteiger partial charge in [0.15, 0.2) is 0 Å². The highest BCUT2D eigenvalue weighted by atomic mass is 35.5. The molecule has 1 fully saturated rings. The van der Waals surface area contributed by atoms with Crippen molar-refractivity contribution in [3.05, 3.63) is 68.7 Å². The van der Waals surface area contributed by atoms with Gasteiger partial charge in [0.05, 0.1) is 15.6 Å². The van der Waals surface area contributed by atoms with E-state index in [1.54, 1.807) is 18.2 Å². The van der Waals surface area contributed by atoms with Crippen LogP contribution in [0, 0.1) is 0 Å². The lowest BCUT2D eigenvalue weighted by atomic mass is 9.74. The highest BCUT2D eigenvalue weighted by Crippen LogP contribution is 2.35. The van der Waals surface area contributed by atoms with Gasteiger partial charge in [0.1, 0.15) is 0 Å². The van der Waals surface area contributed by atoms with E-state index in [4.69, 9.17) is 39.5 Å². The molecule has 0 unspecified atom stereocenters. The number of hydrogen-bond donors (Lipinski definition) is 1. The third kappa shape index (κ3) is 4.12. The molecule has 3 nitrogen and oxygen atoms in total. The second-order valence-corrected chi connectivity index (χ2v) is 7.41. The summed E-state index contributed by atoms with van der Waals surface area (Å²) in [6, 6.07) is 12.8. The van der Waals surface area contributed by atoms with Gasteiger partial charge in [-0.25, -0.2) is 0 Å². The third-order valence-corrected chi connectivity index (χ3v) is 5.76. The van der Waals surface area contributed by atoms with Gasteiger partial charge in [-0.15, -0.1) is 0 Å². The zero-order valence-corrected chi connectivity index (χ0v) is 15.8. The van der Waals surface area contributed by atoms with Gasteiger partial charge in [0, 0.05) is 30.2 Å². The molecule has 1 N–H and O–H groups in total. The van der Waals surface area contributed by atoms with Gasteiger partial charge in [-0.2, -0.15) is 0 Å². The first-order chi connectivity index (χ1) is 12.0. The second-order valence-electron chi connectivity index (χ2n) is 6.18. The zero-order valence-electron chi connectivity index (χ0n) is 13.5. The Balaban J connectivity index is 1.80. The minimum Gasteiger partial charge on any atom is -0.381 e. The minimum atomic E-state index is -0.229. The monoisotopic (exact) mass is 397 g/mol. The summed E-state index contributed by atoms with van der Waals surface area (Å²) in [5.41, 5.74) is 1.36. The molecule has 0 aromatic heterocycles. The number of carbonyl (C=O) groups is 1. The van der Waals surface area contributed by atoms with Crippen LogP contribution in [0.1, 0.15) is 28.8 Å². The zero-order chi connectivity index (χ0) is 17.9. The number of benzene rings is 2. The molecule has 2 aromatic rings. The molecule has 0 spiro atoms. The Morgan fingerprint density at radius 2 is 1.72 bits per heavy atom. The topological polar surface area (TPSA) is 38.3 Å². The quantitative estimate of drug-likeness (QED) is 0.776. The molecule has 0 aliphatic carbocycles. The molecule has 1 heterocycles. The maximum absolute atomic E-state index is 12.6. The molecular weight excluding hydrogens is 381 g/mol. The number of nitrogens with one attached hydrogen (secondary N) is 1.